The zero-order chi connectivity index (χ0) is 7.78. The van der Waals surface area contributed by atoms with Gasteiger partial charge in [0.1, 0.15) is 0 Å². The van der Waals surface area contributed by atoms with E-state index >= 15 is 0 Å². The average molecular weight is 160 g/mol. The Balaban J connectivity index is 2.32. The molecule has 2 heteroatoms. The van der Waals surface area contributed by atoms with Crippen LogP contribution < -0.4 is 0 Å². The van der Waals surface area contributed by atoms with Crippen LogP contribution in [0.25, 0.3) is 0 Å². The van der Waals surface area contributed by atoms with Crippen LogP contribution in [0.2, 0.25) is 0 Å². The van der Waals surface area contributed by atoms with Gasteiger partial charge in [0.15, 0.2) is 0 Å². The highest BCUT2D eigenvalue weighted by Crippen LogP contribution is 2.31. The van der Waals surface area contributed by atoms with Gasteiger partial charge in [-0.25, -0.2) is 0 Å². The molecule has 0 saturated heterocycles. The highest BCUT2D eigenvalue weighted by molar-refractivity contribution is 7.86. The molecule has 1 atom stereocenters. The molecule has 0 heterocycles. The fourth-order valence-electron chi connectivity index (χ4n) is 0.749. The highest BCUT2D eigenvalue weighted by Gasteiger charge is 2.28. The number of hydrogen-bond acceptors (Lipinski definition) is 1. The molecule has 0 bridgehead atoms. The lowest BCUT2D eigenvalue weighted by atomic mass is 10.3. The first kappa shape index (κ1) is 8.25. The molecule has 1 rings (SSSR count). The van der Waals surface area contributed by atoms with Crippen LogP contribution in [0.15, 0.2) is 0 Å². The van der Waals surface area contributed by atoms with Gasteiger partial charge in [-0.05, 0) is 39.5 Å². The van der Waals surface area contributed by atoms with Crippen LogP contribution in [-0.4, -0.2) is 14.7 Å². The number of hydrogen-bond donors (Lipinski definition) is 0. The maximum Gasteiger partial charge on any atom is 0.0375 e. The van der Waals surface area contributed by atoms with E-state index in [0.29, 0.717) is 0 Å². The molecule has 0 aromatic rings. The van der Waals surface area contributed by atoms with Crippen molar-refractivity contribution in [3.8, 4) is 0 Å². The average Bonchev–Trinajstić information content (AvgIpc) is 2.47. The van der Waals surface area contributed by atoms with E-state index in [1.54, 1.807) is 0 Å². The quantitative estimate of drug-likeness (QED) is 0.603. The Hall–Kier alpha value is 0.150. The second kappa shape index (κ2) is 2.65. The molecule has 10 heavy (non-hydrogen) atoms. The molecule has 1 unspecified atom stereocenters. The summed E-state index contributed by atoms with van der Waals surface area (Å²) in [7, 11) is -0.605. The Bertz CT molecular complexity index is 142. The van der Waals surface area contributed by atoms with Crippen molar-refractivity contribution in [1.29, 1.82) is 0 Å². The zero-order valence-corrected chi connectivity index (χ0v) is 7.83. The summed E-state index contributed by atoms with van der Waals surface area (Å²) in [6.45, 7) is 6.14. The lowest BCUT2D eigenvalue weighted by molar-refractivity contribution is 0.645. The molecule has 1 aliphatic carbocycles. The fraction of sp³-hybridized carbons (Fsp3) is 1.00. The summed E-state index contributed by atoms with van der Waals surface area (Å²) in [6, 6.07) is 0. The zero-order valence-electron chi connectivity index (χ0n) is 7.02. The van der Waals surface area contributed by atoms with Gasteiger partial charge in [-0.1, -0.05) is 0 Å². The van der Waals surface area contributed by atoms with Crippen LogP contribution in [0, 0.1) is 5.92 Å². The lowest BCUT2D eigenvalue weighted by Gasteiger charge is -2.16. The van der Waals surface area contributed by atoms with E-state index in [0.717, 1.165) is 11.7 Å². The molecule has 0 amide bonds. The monoisotopic (exact) mass is 160 g/mol. The summed E-state index contributed by atoms with van der Waals surface area (Å²) in [5.41, 5.74) is 0. The van der Waals surface area contributed by atoms with E-state index in [9.17, 15) is 4.21 Å². The molecule has 1 aliphatic rings. The maximum absolute atomic E-state index is 11.4. The van der Waals surface area contributed by atoms with E-state index in [1.807, 2.05) is 20.8 Å². The van der Waals surface area contributed by atoms with Gasteiger partial charge in [0.2, 0.25) is 0 Å². The van der Waals surface area contributed by atoms with Crippen molar-refractivity contribution in [2.45, 2.75) is 38.4 Å². The standard InChI is InChI=1S/C8H16OS/c1-8(2,3)10(9)6-7-4-5-7/h7H,4-6H2,1-3H3. The van der Waals surface area contributed by atoms with Gasteiger partial charge in [-0.2, -0.15) is 0 Å². The summed E-state index contributed by atoms with van der Waals surface area (Å²) in [5.74, 6) is 1.73. The third-order valence-corrected chi connectivity index (χ3v) is 3.91. The van der Waals surface area contributed by atoms with E-state index < -0.39 is 10.8 Å². The van der Waals surface area contributed by atoms with E-state index in [-0.39, 0.29) is 4.75 Å². The first-order valence-corrected chi connectivity index (χ1v) is 5.20. The molecule has 0 aromatic carbocycles. The molecular formula is C8H16OS. The third kappa shape index (κ3) is 2.41. The third-order valence-electron chi connectivity index (χ3n) is 1.77. The van der Waals surface area contributed by atoms with Gasteiger partial charge >= 0.3 is 0 Å². The topological polar surface area (TPSA) is 17.1 Å². The summed E-state index contributed by atoms with van der Waals surface area (Å²) in [4.78, 5) is 0. The summed E-state index contributed by atoms with van der Waals surface area (Å²) in [5, 5.41) is 0. The van der Waals surface area contributed by atoms with Crippen molar-refractivity contribution in [3.63, 3.8) is 0 Å². The first-order valence-electron chi connectivity index (χ1n) is 3.88. The second-order valence-electron chi connectivity index (χ2n) is 4.07. The molecule has 0 radical (unpaired) electrons. The van der Waals surface area contributed by atoms with E-state index in [4.69, 9.17) is 0 Å². The van der Waals surface area contributed by atoms with Gasteiger partial charge in [0.05, 0.1) is 0 Å². The second-order valence-corrected chi connectivity index (χ2v) is 6.32. The Morgan fingerprint density at radius 1 is 1.40 bits per heavy atom. The highest BCUT2D eigenvalue weighted by atomic mass is 32.2. The van der Waals surface area contributed by atoms with Crippen LogP contribution in [0.4, 0.5) is 0 Å². The molecule has 0 N–H and O–H groups in total. The SMILES string of the molecule is CC(C)(C)S(=O)CC1CC1. The Morgan fingerprint density at radius 3 is 2.20 bits per heavy atom. The van der Waals surface area contributed by atoms with Crippen LogP contribution in [0.5, 0.6) is 0 Å². The van der Waals surface area contributed by atoms with Crippen molar-refractivity contribution in [3.05, 3.63) is 0 Å². The molecule has 0 aromatic heterocycles. The smallest absolute Gasteiger partial charge is 0.0375 e. The Labute approximate surface area is 65.7 Å². The van der Waals surface area contributed by atoms with Crippen molar-refractivity contribution < 1.29 is 4.21 Å². The minimum atomic E-state index is -0.605. The fourth-order valence-corrected chi connectivity index (χ4v) is 2.01. The van der Waals surface area contributed by atoms with Gasteiger partial charge in [0, 0.05) is 21.3 Å². The van der Waals surface area contributed by atoms with E-state index in [2.05, 4.69) is 0 Å². The van der Waals surface area contributed by atoms with Gasteiger partial charge < -0.3 is 0 Å². The predicted molar refractivity (Wildman–Crippen MR) is 45.5 cm³/mol. The molecule has 1 fully saturated rings. The lowest BCUT2D eigenvalue weighted by Crippen LogP contribution is -2.24. The van der Waals surface area contributed by atoms with Crippen LogP contribution in [0.1, 0.15) is 33.6 Å². The molecule has 1 nitrogen and oxygen atoms in total. The van der Waals surface area contributed by atoms with Gasteiger partial charge in [-0.3, -0.25) is 4.21 Å². The molecule has 0 spiro atoms. The summed E-state index contributed by atoms with van der Waals surface area (Å²) < 4.78 is 11.4. The van der Waals surface area contributed by atoms with E-state index in [1.165, 1.54) is 12.8 Å². The summed E-state index contributed by atoms with van der Waals surface area (Å²) in [6.07, 6.45) is 2.61. The minimum absolute atomic E-state index is 0.00257. The largest absolute Gasteiger partial charge is 0.259 e. The van der Waals surface area contributed by atoms with Crippen molar-refractivity contribution in [1.82, 2.24) is 0 Å². The van der Waals surface area contributed by atoms with Crippen molar-refractivity contribution in [2.75, 3.05) is 5.75 Å². The Kier molecular flexibility index (Phi) is 2.18. The normalized spacial score (nSPS) is 22.7. The van der Waals surface area contributed by atoms with Crippen molar-refractivity contribution in [2.24, 2.45) is 5.92 Å². The molecule has 60 valence electrons. The molecule has 1 saturated carbocycles. The van der Waals surface area contributed by atoms with Crippen molar-refractivity contribution >= 4 is 10.8 Å². The minimum Gasteiger partial charge on any atom is -0.259 e. The van der Waals surface area contributed by atoms with Crippen LogP contribution in [-0.2, 0) is 10.8 Å². The van der Waals surface area contributed by atoms with Gasteiger partial charge in [-0.15, -0.1) is 0 Å². The first-order chi connectivity index (χ1) is 4.50. The van der Waals surface area contributed by atoms with Gasteiger partial charge in [0.25, 0.3) is 0 Å². The molecular weight excluding hydrogens is 144 g/mol. The van der Waals surface area contributed by atoms with Crippen LogP contribution in [0.3, 0.4) is 0 Å². The molecule has 0 aliphatic heterocycles. The summed E-state index contributed by atoms with van der Waals surface area (Å²) >= 11 is 0. The predicted octanol–water partition coefficient (Wildman–Crippen LogP) is 1.94. The number of rotatable bonds is 2. The van der Waals surface area contributed by atoms with Crippen LogP contribution >= 0.6 is 0 Å². The Morgan fingerprint density at radius 2 is 1.90 bits per heavy atom. The maximum atomic E-state index is 11.4.